The number of aromatic nitrogens is 2. The highest BCUT2D eigenvalue weighted by molar-refractivity contribution is 6.20. The second-order valence-electron chi connectivity index (χ2n) is 4.44. The SMILES string of the molecule is COCCCn1c(C(C)Cl)nc2ccc(OC)cc21. The fourth-order valence-corrected chi connectivity index (χ4v) is 2.32. The third-order valence-electron chi connectivity index (χ3n) is 3.07. The molecule has 19 heavy (non-hydrogen) atoms. The molecule has 1 heterocycles. The summed E-state index contributed by atoms with van der Waals surface area (Å²) < 4.78 is 12.5. The fourth-order valence-electron chi connectivity index (χ4n) is 2.15. The molecule has 0 saturated carbocycles. The predicted octanol–water partition coefficient (Wildman–Crippen LogP) is 3.38. The molecule has 104 valence electrons. The number of fused-ring (bicyclic) bond motifs is 1. The van der Waals surface area contributed by atoms with Gasteiger partial charge in [0.2, 0.25) is 0 Å². The molecule has 2 rings (SSSR count). The molecule has 0 N–H and O–H groups in total. The van der Waals surface area contributed by atoms with E-state index in [1.54, 1.807) is 14.2 Å². The van der Waals surface area contributed by atoms with Gasteiger partial charge in [-0.15, -0.1) is 11.6 Å². The summed E-state index contributed by atoms with van der Waals surface area (Å²) in [6, 6.07) is 5.87. The van der Waals surface area contributed by atoms with Crippen molar-refractivity contribution >= 4 is 22.6 Å². The summed E-state index contributed by atoms with van der Waals surface area (Å²) in [5, 5.41) is -0.124. The lowest BCUT2D eigenvalue weighted by Gasteiger charge is -2.10. The molecule has 1 atom stereocenters. The van der Waals surface area contributed by atoms with Crippen LogP contribution >= 0.6 is 11.6 Å². The van der Waals surface area contributed by atoms with Crippen molar-refractivity contribution in [2.75, 3.05) is 20.8 Å². The molecular formula is C14H19ClN2O2. The molecule has 0 spiro atoms. The minimum Gasteiger partial charge on any atom is -0.497 e. The summed E-state index contributed by atoms with van der Waals surface area (Å²) in [4.78, 5) is 4.60. The average molecular weight is 283 g/mol. The van der Waals surface area contributed by atoms with E-state index in [1.807, 2.05) is 25.1 Å². The molecular weight excluding hydrogens is 264 g/mol. The molecule has 0 aliphatic carbocycles. The van der Waals surface area contributed by atoms with Crippen molar-refractivity contribution < 1.29 is 9.47 Å². The van der Waals surface area contributed by atoms with Crippen LogP contribution in [0.3, 0.4) is 0 Å². The van der Waals surface area contributed by atoms with Gasteiger partial charge in [-0.2, -0.15) is 0 Å². The number of halogens is 1. The lowest BCUT2D eigenvalue weighted by atomic mass is 10.3. The fraction of sp³-hybridized carbons (Fsp3) is 0.500. The van der Waals surface area contributed by atoms with Gasteiger partial charge in [0.15, 0.2) is 0 Å². The Morgan fingerprint density at radius 1 is 1.37 bits per heavy atom. The smallest absolute Gasteiger partial charge is 0.127 e. The van der Waals surface area contributed by atoms with Crippen LogP contribution in [0.1, 0.15) is 24.5 Å². The van der Waals surface area contributed by atoms with E-state index in [4.69, 9.17) is 21.1 Å². The first-order valence-electron chi connectivity index (χ1n) is 6.34. The van der Waals surface area contributed by atoms with E-state index in [0.717, 1.165) is 42.2 Å². The van der Waals surface area contributed by atoms with Gasteiger partial charge in [-0.1, -0.05) is 0 Å². The molecule has 2 aromatic rings. The normalized spacial score (nSPS) is 12.8. The Hall–Kier alpha value is -1.26. The molecule has 1 unspecified atom stereocenters. The molecule has 0 aliphatic rings. The maximum Gasteiger partial charge on any atom is 0.127 e. The lowest BCUT2D eigenvalue weighted by molar-refractivity contribution is 0.190. The van der Waals surface area contributed by atoms with Crippen molar-refractivity contribution in [1.29, 1.82) is 0 Å². The maximum atomic E-state index is 6.22. The monoisotopic (exact) mass is 282 g/mol. The van der Waals surface area contributed by atoms with Gasteiger partial charge < -0.3 is 14.0 Å². The van der Waals surface area contributed by atoms with Gasteiger partial charge in [0.25, 0.3) is 0 Å². The van der Waals surface area contributed by atoms with Gasteiger partial charge in [-0.3, -0.25) is 0 Å². The number of aryl methyl sites for hydroxylation is 1. The van der Waals surface area contributed by atoms with Crippen molar-refractivity contribution in [1.82, 2.24) is 9.55 Å². The summed E-state index contributed by atoms with van der Waals surface area (Å²) in [5.41, 5.74) is 2.00. The number of alkyl halides is 1. The molecule has 1 aromatic heterocycles. The van der Waals surface area contributed by atoms with E-state index in [9.17, 15) is 0 Å². The van der Waals surface area contributed by atoms with Crippen LogP contribution in [0.5, 0.6) is 5.75 Å². The Morgan fingerprint density at radius 3 is 2.79 bits per heavy atom. The number of hydrogen-bond donors (Lipinski definition) is 0. The van der Waals surface area contributed by atoms with Gasteiger partial charge in [-0.05, 0) is 25.5 Å². The first kappa shape index (κ1) is 14.2. The highest BCUT2D eigenvalue weighted by atomic mass is 35.5. The second-order valence-corrected chi connectivity index (χ2v) is 5.09. The first-order chi connectivity index (χ1) is 9.17. The van der Waals surface area contributed by atoms with E-state index >= 15 is 0 Å². The predicted molar refractivity (Wildman–Crippen MR) is 77.0 cm³/mol. The summed E-state index contributed by atoms with van der Waals surface area (Å²) in [7, 11) is 3.37. The third-order valence-corrected chi connectivity index (χ3v) is 3.27. The van der Waals surface area contributed by atoms with Crippen molar-refractivity contribution in [3.05, 3.63) is 24.0 Å². The lowest BCUT2D eigenvalue weighted by Crippen LogP contribution is -2.06. The number of nitrogens with zero attached hydrogens (tertiary/aromatic N) is 2. The zero-order valence-electron chi connectivity index (χ0n) is 11.5. The van der Waals surface area contributed by atoms with Crippen molar-refractivity contribution in [2.24, 2.45) is 0 Å². The Bertz CT molecular complexity index is 552. The zero-order valence-corrected chi connectivity index (χ0v) is 12.3. The number of imidazole rings is 1. The van der Waals surface area contributed by atoms with E-state index in [2.05, 4.69) is 9.55 Å². The van der Waals surface area contributed by atoms with Crippen LogP contribution < -0.4 is 4.74 Å². The molecule has 0 bridgehead atoms. The van der Waals surface area contributed by atoms with Crippen LogP contribution in [-0.4, -0.2) is 30.4 Å². The molecule has 0 saturated heterocycles. The van der Waals surface area contributed by atoms with Gasteiger partial charge in [0.1, 0.15) is 11.6 Å². The quantitative estimate of drug-likeness (QED) is 0.602. The topological polar surface area (TPSA) is 36.3 Å². The van der Waals surface area contributed by atoms with E-state index in [1.165, 1.54) is 0 Å². The standard InChI is InChI=1S/C14H19ClN2O2/c1-10(15)14-16-12-6-5-11(19-3)9-13(12)17(14)7-4-8-18-2/h5-6,9-10H,4,7-8H2,1-3H3. The molecule has 0 fully saturated rings. The highest BCUT2D eigenvalue weighted by Gasteiger charge is 2.15. The number of methoxy groups -OCH3 is 2. The van der Waals surface area contributed by atoms with E-state index in [0.29, 0.717) is 0 Å². The van der Waals surface area contributed by atoms with Crippen LogP contribution in [0, 0.1) is 0 Å². The molecule has 4 nitrogen and oxygen atoms in total. The van der Waals surface area contributed by atoms with Gasteiger partial charge in [0.05, 0.1) is 23.5 Å². The third kappa shape index (κ3) is 3.01. The van der Waals surface area contributed by atoms with Crippen molar-refractivity contribution in [2.45, 2.75) is 25.3 Å². The molecule has 1 aromatic carbocycles. The maximum absolute atomic E-state index is 6.22. The summed E-state index contributed by atoms with van der Waals surface area (Å²) in [6.45, 7) is 3.50. The molecule has 5 heteroatoms. The Balaban J connectivity index is 2.44. The van der Waals surface area contributed by atoms with Crippen LogP contribution in [0.4, 0.5) is 0 Å². The van der Waals surface area contributed by atoms with Crippen LogP contribution in [0.2, 0.25) is 0 Å². The largest absolute Gasteiger partial charge is 0.497 e. The average Bonchev–Trinajstić information content (AvgIpc) is 2.77. The minimum absolute atomic E-state index is 0.124. The van der Waals surface area contributed by atoms with E-state index < -0.39 is 0 Å². The number of hydrogen-bond acceptors (Lipinski definition) is 3. The second kappa shape index (κ2) is 6.26. The minimum atomic E-state index is -0.124. The zero-order chi connectivity index (χ0) is 13.8. The number of benzene rings is 1. The molecule has 0 amide bonds. The molecule has 0 radical (unpaired) electrons. The van der Waals surface area contributed by atoms with Gasteiger partial charge in [-0.25, -0.2) is 4.98 Å². The van der Waals surface area contributed by atoms with Crippen LogP contribution in [0.25, 0.3) is 11.0 Å². The number of ether oxygens (including phenoxy) is 2. The van der Waals surface area contributed by atoms with Crippen molar-refractivity contribution in [3.8, 4) is 5.75 Å². The van der Waals surface area contributed by atoms with Gasteiger partial charge >= 0.3 is 0 Å². The number of rotatable bonds is 6. The summed E-state index contributed by atoms with van der Waals surface area (Å²) in [5.74, 6) is 1.72. The first-order valence-corrected chi connectivity index (χ1v) is 6.78. The molecule has 0 aliphatic heterocycles. The van der Waals surface area contributed by atoms with Crippen LogP contribution in [0.15, 0.2) is 18.2 Å². The Kier molecular flexibility index (Phi) is 4.66. The van der Waals surface area contributed by atoms with Gasteiger partial charge in [0, 0.05) is 26.3 Å². The Morgan fingerprint density at radius 2 is 2.16 bits per heavy atom. The Labute approximate surface area is 118 Å². The van der Waals surface area contributed by atoms with E-state index in [-0.39, 0.29) is 5.38 Å². The summed E-state index contributed by atoms with van der Waals surface area (Å²) in [6.07, 6.45) is 0.926. The summed E-state index contributed by atoms with van der Waals surface area (Å²) >= 11 is 6.22. The van der Waals surface area contributed by atoms with Crippen LogP contribution in [-0.2, 0) is 11.3 Å². The van der Waals surface area contributed by atoms with Crippen molar-refractivity contribution in [3.63, 3.8) is 0 Å². The highest BCUT2D eigenvalue weighted by Crippen LogP contribution is 2.27.